The zero-order valence-corrected chi connectivity index (χ0v) is 17.7. The van der Waals surface area contributed by atoms with Crippen LogP contribution >= 0.6 is 0 Å². The van der Waals surface area contributed by atoms with Gasteiger partial charge in [0.05, 0.1) is 6.04 Å². The zero-order chi connectivity index (χ0) is 20.2. The minimum atomic E-state index is 0.155. The van der Waals surface area contributed by atoms with Crippen molar-refractivity contribution in [3.05, 3.63) is 59.7 Å². The maximum atomic E-state index is 12.8. The van der Waals surface area contributed by atoms with Crippen molar-refractivity contribution in [3.8, 4) is 0 Å². The Morgan fingerprint density at radius 3 is 2.52 bits per heavy atom. The van der Waals surface area contributed by atoms with Crippen molar-refractivity contribution >= 4 is 17.3 Å². The molecule has 1 heterocycles. The third-order valence-corrected chi connectivity index (χ3v) is 6.54. The normalized spacial score (nSPS) is 17.7. The minimum absolute atomic E-state index is 0.155. The molecule has 0 aromatic heterocycles. The van der Waals surface area contributed by atoms with Crippen LogP contribution < -0.4 is 15.1 Å². The van der Waals surface area contributed by atoms with Crippen molar-refractivity contribution in [1.29, 1.82) is 0 Å². The molecule has 1 N–H and O–H groups in total. The number of nitrogens with zero attached hydrogens (tertiary/aromatic N) is 2. The Labute approximate surface area is 174 Å². The number of amides is 1. The highest BCUT2D eigenvalue weighted by molar-refractivity contribution is 5.78. The van der Waals surface area contributed by atoms with Gasteiger partial charge >= 0.3 is 0 Å². The number of carbonyl (C=O) groups is 1. The Morgan fingerprint density at radius 1 is 1.07 bits per heavy atom. The number of rotatable bonds is 6. The molecule has 0 radical (unpaired) electrons. The van der Waals surface area contributed by atoms with Gasteiger partial charge in [-0.3, -0.25) is 4.79 Å². The van der Waals surface area contributed by atoms with Crippen LogP contribution in [0.5, 0.6) is 0 Å². The number of para-hydroxylation sites is 1. The molecule has 0 saturated heterocycles. The standard InChI is InChI=1S/C25H33N3O/c1-27(2)22-14-12-20(13-15-22)24(18-26-25(29)21-9-4-3-5-10-21)28-17-16-19-8-6-7-11-23(19)28/h6-8,11-15,21,24H,3-5,9-10,16-18H2,1-2H3,(H,26,29)/t24-/m1/s1. The second-order valence-electron chi connectivity index (χ2n) is 8.65. The first-order valence-corrected chi connectivity index (χ1v) is 11.0. The van der Waals surface area contributed by atoms with Crippen LogP contribution in [0, 0.1) is 5.92 Å². The van der Waals surface area contributed by atoms with Gasteiger partial charge in [-0.15, -0.1) is 0 Å². The predicted octanol–water partition coefficient (Wildman–Crippen LogP) is 4.55. The molecule has 1 aliphatic carbocycles. The first-order chi connectivity index (χ1) is 14.1. The van der Waals surface area contributed by atoms with Crippen LogP contribution in [0.25, 0.3) is 0 Å². The van der Waals surface area contributed by atoms with E-state index in [1.807, 2.05) is 0 Å². The van der Waals surface area contributed by atoms with Gasteiger partial charge in [-0.2, -0.15) is 0 Å². The van der Waals surface area contributed by atoms with E-state index in [0.717, 1.165) is 25.8 Å². The van der Waals surface area contributed by atoms with Crippen LogP contribution in [-0.4, -0.2) is 33.1 Å². The summed E-state index contributed by atoms with van der Waals surface area (Å²) in [6.07, 6.45) is 6.80. The second kappa shape index (κ2) is 8.89. The van der Waals surface area contributed by atoms with E-state index in [9.17, 15) is 4.79 Å². The van der Waals surface area contributed by atoms with Crippen molar-refractivity contribution in [3.63, 3.8) is 0 Å². The maximum Gasteiger partial charge on any atom is 0.223 e. The topological polar surface area (TPSA) is 35.6 Å². The molecule has 4 nitrogen and oxygen atoms in total. The molecule has 4 rings (SSSR count). The highest BCUT2D eigenvalue weighted by atomic mass is 16.1. The van der Waals surface area contributed by atoms with E-state index in [-0.39, 0.29) is 17.9 Å². The van der Waals surface area contributed by atoms with Crippen molar-refractivity contribution in [2.75, 3.05) is 37.0 Å². The summed E-state index contributed by atoms with van der Waals surface area (Å²) in [6.45, 7) is 1.66. The van der Waals surface area contributed by atoms with E-state index >= 15 is 0 Å². The number of hydrogen-bond donors (Lipinski definition) is 1. The minimum Gasteiger partial charge on any atom is -0.378 e. The molecule has 0 spiro atoms. The molecule has 1 amide bonds. The lowest BCUT2D eigenvalue weighted by Crippen LogP contribution is -2.40. The van der Waals surface area contributed by atoms with Gasteiger partial charge in [-0.05, 0) is 48.6 Å². The fourth-order valence-electron chi connectivity index (χ4n) is 4.80. The third kappa shape index (κ3) is 4.42. The van der Waals surface area contributed by atoms with Gasteiger partial charge in [0.25, 0.3) is 0 Å². The van der Waals surface area contributed by atoms with Gasteiger partial charge in [-0.25, -0.2) is 0 Å². The van der Waals surface area contributed by atoms with Crippen LogP contribution in [0.1, 0.15) is 49.3 Å². The first-order valence-electron chi connectivity index (χ1n) is 11.0. The molecule has 154 valence electrons. The van der Waals surface area contributed by atoms with Crippen LogP contribution in [0.3, 0.4) is 0 Å². The Kier molecular flexibility index (Phi) is 6.08. The van der Waals surface area contributed by atoms with Crippen molar-refractivity contribution in [2.45, 2.75) is 44.6 Å². The lowest BCUT2D eigenvalue weighted by molar-refractivity contribution is -0.125. The van der Waals surface area contributed by atoms with Crippen LogP contribution in [0.4, 0.5) is 11.4 Å². The summed E-state index contributed by atoms with van der Waals surface area (Å²) in [7, 11) is 4.13. The summed E-state index contributed by atoms with van der Waals surface area (Å²) < 4.78 is 0. The highest BCUT2D eigenvalue weighted by Crippen LogP contribution is 2.35. The summed E-state index contributed by atoms with van der Waals surface area (Å²) in [6, 6.07) is 17.6. The molecule has 1 saturated carbocycles. The third-order valence-electron chi connectivity index (χ3n) is 6.54. The molecular formula is C25H33N3O. The number of hydrogen-bond acceptors (Lipinski definition) is 3. The fraction of sp³-hybridized carbons (Fsp3) is 0.480. The largest absolute Gasteiger partial charge is 0.378 e. The van der Waals surface area contributed by atoms with Gasteiger partial charge < -0.3 is 15.1 Å². The molecule has 0 unspecified atom stereocenters. The molecule has 1 fully saturated rings. The van der Waals surface area contributed by atoms with Crippen molar-refractivity contribution < 1.29 is 4.79 Å². The molecule has 2 aromatic carbocycles. The molecule has 1 atom stereocenters. The fourth-order valence-corrected chi connectivity index (χ4v) is 4.80. The molecule has 0 bridgehead atoms. The Hall–Kier alpha value is -2.49. The Balaban J connectivity index is 1.55. The quantitative estimate of drug-likeness (QED) is 0.784. The zero-order valence-electron chi connectivity index (χ0n) is 17.7. The van der Waals surface area contributed by atoms with Gasteiger partial charge in [0.1, 0.15) is 0 Å². The summed E-state index contributed by atoms with van der Waals surface area (Å²) in [5.41, 5.74) is 5.17. The van der Waals surface area contributed by atoms with Gasteiger partial charge in [0.15, 0.2) is 0 Å². The summed E-state index contributed by atoms with van der Waals surface area (Å²) in [4.78, 5) is 17.4. The summed E-state index contributed by atoms with van der Waals surface area (Å²) >= 11 is 0. The number of carbonyl (C=O) groups excluding carboxylic acids is 1. The summed E-state index contributed by atoms with van der Waals surface area (Å²) in [5, 5.41) is 3.31. The van der Waals surface area contributed by atoms with Gasteiger partial charge in [-0.1, -0.05) is 49.6 Å². The number of anilines is 2. The molecule has 2 aromatic rings. The van der Waals surface area contributed by atoms with Gasteiger partial charge in [0.2, 0.25) is 5.91 Å². The molecule has 1 aliphatic heterocycles. The average molecular weight is 392 g/mol. The van der Waals surface area contributed by atoms with E-state index in [0.29, 0.717) is 6.54 Å². The molecule has 2 aliphatic rings. The SMILES string of the molecule is CN(C)c1ccc([C@@H](CNC(=O)C2CCCCC2)N2CCc3ccccc32)cc1. The monoisotopic (exact) mass is 391 g/mol. The smallest absolute Gasteiger partial charge is 0.223 e. The van der Waals surface area contributed by atoms with Gasteiger partial charge in [0, 0.05) is 44.5 Å². The molecular weight excluding hydrogens is 358 g/mol. The van der Waals surface area contributed by atoms with E-state index < -0.39 is 0 Å². The van der Waals surface area contributed by atoms with Crippen molar-refractivity contribution in [1.82, 2.24) is 5.32 Å². The van der Waals surface area contributed by atoms with E-state index in [1.54, 1.807) is 0 Å². The Morgan fingerprint density at radius 2 is 1.79 bits per heavy atom. The van der Waals surface area contributed by atoms with Crippen molar-refractivity contribution in [2.24, 2.45) is 5.92 Å². The average Bonchev–Trinajstić information content (AvgIpc) is 3.19. The highest BCUT2D eigenvalue weighted by Gasteiger charge is 2.28. The summed E-state index contributed by atoms with van der Waals surface area (Å²) in [5.74, 6) is 0.443. The second-order valence-corrected chi connectivity index (χ2v) is 8.65. The first kappa shape index (κ1) is 19.8. The number of benzene rings is 2. The van der Waals surface area contributed by atoms with E-state index in [1.165, 1.54) is 41.8 Å². The van der Waals surface area contributed by atoms with E-state index in [2.05, 4.69) is 77.7 Å². The van der Waals surface area contributed by atoms with Crippen LogP contribution in [0.2, 0.25) is 0 Å². The molecule has 4 heteroatoms. The lowest BCUT2D eigenvalue weighted by Gasteiger charge is -2.32. The van der Waals surface area contributed by atoms with E-state index in [4.69, 9.17) is 0 Å². The molecule has 29 heavy (non-hydrogen) atoms. The lowest BCUT2D eigenvalue weighted by atomic mass is 9.88. The number of nitrogens with one attached hydrogen (secondary N) is 1. The maximum absolute atomic E-state index is 12.8. The predicted molar refractivity (Wildman–Crippen MR) is 121 cm³/mol. The number of fused-ring (bicyclic) bond motifs is 1. The Bertz CT molecular complexity index is 824. The van der Waals surface area contributed by atoms with Crippen LogP contribution in [0.15, 0.2) is 48.5 Å². The van der Waals surface area contributed by atoms with Crippen LogP contribution in [-0.2, 0) is 11.2 Å².